The molecule has 1 aliphatic rings. The first-order chi connectivity index (χ1) is 9.48. The van der Waals surface area contributed by atoms with Crippen molar-refractivity contribution in [1.29, 1.82) is 0 Å². The molecule has 1 atom stereocenters. The van der Waals surface area contributed by atoms with Gasteiger partial charge in [0.1, 0.15) is 0 Å². The molecule has 1 saturated carbocycles. The second-order valence-electron chi connectivity index (χ2n) is 5.53. The third-order valence-corrected chi connectivity index (χ3v) is 4.30. The van der Waals surface area contributed by atoms with Gasteiger partial charge in [-0.3, -0.25) is 9.48 Å². The molecule has 0 spiro atoms. The van der Waals surface area contributed by atoms with Gasteiger partial charge in [0.15, 0.2) is 6.04 Å². The van der Waals surface area contributed by atoms with Gasteiger partial charge in [-0.15, -0.1) is 0 Å². The summed E-state index contributed by atoms with van der Waals surface area (Å²) in [6.07, 6.45) is 7.60. The number of nitrogens with zero attached hydrogens (tertiary/aromatic N) is 2. The fourth-order valence-corrected chi connectivity index (χ4v) is 2.95. The molecule has 0 aromatic carbocycles. The van der Waals surface area contributed by atoms with E-state index in [0.717, 1.165) is 32.1 Å². The third kappa shape index (κ3) is 2.69. The number of hydrogen-bond acceptors (Lipinski definition) is 3. The summed E-state index contributed by atoms with van der Waals surface area (Å²) in [5.41, 5.74) is 0.105. The summed E-state index contributed by atoms with van der Waals surface area (Å²) in [6, 6.07) is -1.03. The molecule has 0 aliphatic heterocycles. The number of carboxylic acids is 1. The zero-order chi connectivity index (χ0) is 14.8. The summed E-state index contributed by atoms with van der Waals surface area (Å²) in [5.74, 6) is -1.20. The maximum atomic E-state index is 12.5. The van der Waals surface area contributed by atoms with Gasteiger partial charge in [-0.25, -0.2) is 4.79 Å². The number of carbonyl (C=O) groups is 2. The van der Waals surface area contributed by atoms with Crippen molar-refractivity contribution in [1.82, 2.24) is 15.1 Å². The first-order valence-electron chi connectivity index (χ1n) is 7.01. The molecule has 1 aliphatic carbocycles. The topological polar surface area (TPSA) is 84.2 Å². The van der Waals surface area contributed by atoms with Gasteiger partial charge in [-0.2, -0.15) is 5.10 Å². The molecular weight excluding hydrogens is 258 g/mol. The number of amides is 1. The van der Waals surface area contributed by atoms with Crippen molar-refractivity contribution < 1.29 is 14.7 Å². The van der Waals surface area contributed by atoms with E-state index in [1.807, 2.05) is 6.92 Å². The zero-order valence-electron chi connectivity index (χ0n) is 11.9. The van der Waals surface area contributed by atoms with E-state index in [2.05, 4.69) is 10.4 Å². The first-order valence-corrected chi connectivity index (χ1v) is 7.01. The van der Waals surface area contributed by atoms with E-state index in [1.54, 1.807) is 13.2 Å². The highest BCUT2D eigenvalue weighted by molar-refractivity contribution is 5.88. The molecule has 2 N–H and O–H groups in total. The summed E-state index contributed by atoms with van der Waals surface area (Å²) in [7, 11) is 1.72. The monoisotopic (exact) mass is 279 g/mol. The van der Waals surface area contributed by atoms with Gasteiger partial charge in [-0.05, 0) is 19.3 Å². The van der Waals surface area contributed by atoms with Crippen LogP contribution in [0.1, 0.15) is 50.6 Å². The fraction of sp³-hybridized carbons (Fsp3) is 0.643. The number of carbonyl (C=O) groups excluding carboxylic acids is 1. The molecule has 1 heterocycles. The van der Waals surface area contributed by atoms with Crippen LogP contribution in [0.4, 0.5) is 0 Å². The lowest BCUT2D eigenvalue weighted by molar-refractivity contribution is -0.144. The van der Waals surface area contributed by atoms with Crippen LogP contribution < -0.4 is 5.32 Å². The summed E-state index contributed by atoms with van der Waals surface area (Å²) in [5, 5.41) is 16.0. The van der Waals surface area contributed by atoms with Gasteiger partial charge < -0.3 is 10.4 Å². The summed E-state index contributed by atoms with van der Waals surface area (Å²) >= 11 is 0. The maximum absolute atomic E-state index is 12.5. The van der Waals surface area contributed by atoms with Gasteiger partial charge >= 0.3 is 5.97 Å². The predicted octanol–water partition coefficient (Wildman–Crippen LogP) is 1.63. The number of carboxylic acid groups (broad SMARTS) is 1. The van der Waals surface area contributed by atoms with E-state index in [0.29, 0.717) is 5.56 Å². The van der Waals surface area contributed by atoms with Crippen molar-refractivity contribution in [2.24, 2.45) is 12.5 Å². The molecule has 0 bridgehead atoms. The molecule has 0 radical (unpaired) electrons. The average molecular weight is 279 g/mol. The van der Waals surface area contributed by atoms with Crippen molar-refractivity contribution >= 4 is 11.9 Å². The Morgan fingerprint density at radius 2 is 2.15 bits per heavy atom. The lowest BCUT2D eigenvalue weighted by Gasteiger charge is -2.27. The van der Waals surface area contributed by atoms with E-state index in [9.17, 15) is 14.7 Å². The number of aliphatic carboxylic acids is 1. The lowest BCUT2D eigenvalue weighted by Crippen LogP contribution is -2.43. The summed E-state index contributed by atoms with van der Waals surface area (Å²) in [4.78, 5) is 23.9. The van der Waals surface area contributed by atoms with E-state index < -0.39 is 17.4 Å². The molecule has 1 amide bonds. The number of hydrogen-bond donors (Lipinski definition) is 2. The smallest absolute Gasteiger partial charge is 0.331 e. The van der Waals surface area contributed by atoms with E-state index in [4.69, 9.17) is 0 Å². The number of nitrogens with one attached hydrogen (secondary N) is 1. The van der Waals surface area contributed by atoms with Gasteiger partial charge in [0.05, 0.1) is 6.20 Å². The largest absolute Gasteiger partial charge is 0.479 e. The molecule has 2 rings (SSSR count). The number of rotatable bonds is 5. The molecule has 6 heteroatoms. The molecule has 6 nitrogen and oxygen atoms in total. The maximum Gasteiger partial charge on any atom is 0.331 e. The lowest BCUT2D eigenvalue weighted by atomic mass is 9.82. The van der Waals surface area contributed by atoms with Crippen LogP contribution in [0.3, 0.4) is 0 Å². The van der Waals surface area contributed by atoms with Crippen molar-refractivity contribution in [3.05, 3.63) is 18.0 Å². The molecule has 1 aromatic heterocycles. The second-order valence-corrected chi connectivity index (χ2v) is 5.53. The second kappa shape index (κ2) is 5.64. The molecule has 20 heavy (non-hydrogen) atoms. The van der Waals surface area contributed by atoms with E-state index in [1.165, 1.54) is 10.9 Å². The highest BCUT2D eigenvalue weighted by Crippen LogP contribution is 2.41. The van der Waals surface area contributed by atoms with Gasteiger partial charge in [-0.1, -0.05) is 19.8 Å². The van der Waals surface area contributed by atoms with Crippen LogP contribution in [0.2, 0.25) is 0 Å². The highest BCUT2D eigenvalue weighted by atomic mass is 16.4. The minimum Gasteiger partial charge on any atom is -0.479 e. The normalized spacial score (nSPS) is 18.7. The quantitative estimate of drug-likeness (QED) is 0.858. The van der Waals surface area contributed by atoms with Crippen molar-refractivity contribution in [3.63, 3.8) is 0 Å². The van der Waals surface area contributed by atoms with Crippen LogP contribution in [0.15, 0.2) is 12.4 Å². The standard InChI is InChI=1S/C14H21N3O3/c1-3-14(6-4-5-7-14)13(20)16-11(12(18)19)10-8-15-17(2)9-10/h8-9,11H,3-7H2,1-2H3,(H,16,20)(H,18,19). The average Bonchev–Trinajstić information content (AvgIpc) is 3.04. The van der Waals surface area contributed by atoms with Crippen LogP contribution in [0.5, 0.6) is 0 Å². The minimum absolute atomic E-state index is 0.145. The minimum atomic E-state index is -1.06. The molecule has 110 valence electrons. The Bertz CT molecular complexity index is 504. The number of aryl methyl sites for hydroxylation is 1. The Balaban J connectivity index is 2.16. The Hall–Kier alpha value is -1.85. The van der Waals surface area contributed by atoms with E-state index in [-0.39, 0.29) is 5.91 Å². The Morgan fingerprint density at radius 3 is 2.60 bits per heavy atom. The van der Waals surface area contributed by atoms with Crippen LogP contribution in [0.25, 0.3) is 0 Å². The van der Waals surface area contributed by atoms with Gasteiger partial charge in [0, 0.05) is 24.2 Å². The Morgan fingerprint density at radius 1 is 1.50 bits per heavy atom. The number of aromatic nitrogens is 2. The summed E-state index contributed by atoms with van der Waals surface area (Å²) < 4.78 is 1.53. The van der Waals surface area contributed by atoms with Gasteiger partial charge in [0.2, 0.25) is 5.91 Å². The molecule has 1 unspecified atom stereocenters. The van der Waals surface area contributed by atoms with Crippen LogP contribution in [0, 0.1) is 5.41 Å². The Kier molecular flexibility index (Phi) is 4.11. The van der Waals surface area contributed by atoms with Crippen LogP contribution in [-0.2, 0) is 16.6 Å². The fourth-order valence-electron chi connectivity index (χ4n) is 2.95. The Labute approximate surface area is 118 Å². The van der Waals surface area contributed by atoms with E-state index >= 15 is 0 Å². The predicted molar refractivity (Wildman–Crippen MR) is 72.9 cm³/mol. The van der Waals surface area contributed by atoms with Crippen LogP contribution >= 0.6 is 0 Å². The van der Waals surface area contributed by atoms with Crippen molar-refractivity contribution in [2.45, 2.75) is 45.1 Å². The highest BCUT2D eigenvalue weighted by Gasteiger charge is 2.41. The molecule has 1 aromatic rings. The summed E-state index contributed by atoms with van der Waals surface area (Å²) in [6.45, 7) is 1.99. The van der Waals surface area contributed by atoms with Crippen LogP contribution in [-0.4, -0.2) is 26.8 Å². The van der Waals surface area contributed by atoms with Crippen molar-refractivity contribution in [3.8, 4) is 0 Å². The van der Waals surface area contributed by atoms with Gasteiger partial charge in [0.25, 0.3) is 0 Å². The third-order valence-electron chi connectivity index (χ3n) is 4.30. The molecule has 1 fully saturated rings. The molecular formula is C14H21N3O3. The zero-order valence-corrected chi connectivity index (χ0v) is 11.9. The first kappa shape index (κ1) is 14.6. The van der Waals surface area contributed by atoms with Crippen molar-refractivity contribution in [2.75, 3.05) is 0 Å². The molecule has 0 saturated heterocycles. The SMILES string of the molecule is CCC1(C(=O)NC(C(=O)O)c2cnn(C)c2)CCCC1.